The second-order valence-corrected chi connectivity index (χ2v) is 6.91. The molecule has 1 amide bonds. The van der Waals surface area contributed by atoms with Crippen LogP contribution in [0, 0.1) is 0 Å². The van der Waals surface area contributed by atoms with Crippen molar-refractivity contribution in [1.29, 1.82) is 0 Å². The highest BCUT2D eigenvalue weighted by Gasteiger charge is 2.19. The quantitative estimate of drug-likeness (QED) is 0.491. The standard InChI is InChI=1S/C18H19N5O4S/c1-19-12(24)9-28-16-13-15(22(2)18(26)23(3)17(13)25)20-14(21-16)10-6-5-7-11(8-10)27-4/h5-8H,9H2,1-4H3,(H,19,24). The molecule has 0 spiro atoms. The van der Waals surface area contributed by atoms with Gasteiger partial charge in [0.2, 0.25) is 5.91 Å². The topological polar surface area (TPSA) is 108 Å². The van der Waals surface area contributed by atoms with Crippen LogP contribution in [0.4, 0.5) is 0 Å². The number of aromatic nitrogens is 4. The first kappa shape index (κ1) is 19.6. The molecular formula is C18H19N5O4S. The van der Waals surface area contributed by atoms with E-state index in [2.05, 4.69) is 15.3 Å². The lowest BCUT2D eigenvalue weighted by molar-refractivity contribution is -0.118. The summed E-state index contributed by atoms with van der Waals surface area (Å²) in [6, 6.07) is 7.14. The van der Waals surface area contributed by atoms with E-state index in [1.54, 1.807) is 38.4 Å². The fraction of sp³-hybridized carbons (Fsp3) is 0.278. The molecule has 0 fully saturated rings. The predicted octanol–water partition coefficient (Wildman–Crippen LogP) is 0.541. The number of rotatable bonds is 5. The van der Waals surface area contributed by atoms with Crippen molar-refractivity contribution in [2.75, 3.05) is 19.9 Å². The number of amides is 1. The first-order valence-corrected chi connectivity index (χ1v) is 9.31. The van der Waals surface area contributed by atoms with Gasteiger partial charge >= 0.3 is 5.69 Å². The summed E-state index contributed by atoms with van der Waals surface area (Å²) in [5, 5.41) is 3.07. The number of fused-ring (bicyclic) bond motifs is 1. The number of carbonyl (C=O) groups is 1. The summed E-state index contributed by atoms with van der Waals surface area (Å²) in [6.45, 7) is 0. The van der Waals surface area contributed by atoms with Crippen LogP contribution >= 0.6 is 11.8 Å². The highest BCUT2D eigenvalue weighted by atomic mass is 32.2. The Labute approximate surface area is 164 Å². The van der Waals surface area contributed by atoms with Gasteiger partial charge in [-0.15, -0.1) is 0 Å². The maximum atomic E-state index is 12.7. The molecule has 3 aromatic rings. The van der Waals surface area contributed by atoms with E-state index in [0.29, 0.717) is 22.2 Å². The number of hydrogen-bond acceptors (Lipinski definition) is 7. The largest absolute Gasteiger partial charge is 0.497 e. The summed E-state index contributed by atoms with van der Waals surface area (Å²) in [7, 11) is 6.02. The molecule has 0 aliphatic heterocycles. The predicted molar refractivity (Wildman–Crippen MR) is 107 cm³/mol. The third kappa shape index (κ3) is 3.50. The number of nitrogens with zero attached hydrogens (tertiary/aromatic N) is 4. The minimum absolute atomic E-state index is 0.0756. The number of carbonyl (C=O) groups excluding carboxylic acids is 1. The van der Waals surface area contributed by atoms with Crippen LogP contribution in [-0.4, -0.2) is 44.9 Å². The van der Waals surface area contributed by atoms with Crippen LogP contribution in [0.1, 0.15) is 0 Å². The Morgan fingerprint density at radius 1 is 1.21 bits per heavy atom. The monoisotopic (exact) mass is 401 g/mol. The maximum absolute atomic E-state index is 12.7. The van der Waals surface area contributed by atoms with E-state index in [-0.39, 0.29) is 22.7 Å². The summed E-state index contributed by atoms with van der Waals surface area (Å²) in [6.07, 6.45) is 0. The van der Waals surface area contributed by atoms with Crippen LogP contribution in [0.2, 0.25) is 0 Å². The van der Waals surface area contributed by atoms with Gasteiger partial charge in [-0.3, -0.25) is 18.7 Å². The zero-order chi connectivity index (χ0) is 20.4. The normalized spacial score (nSPS) is 10.9. The lowest BCUT2D eigenvalue weighted by atomic mass is 10.2. The Balaban J connectivity index is 2.31. The molecule has 0 aliphatic rings. The lowest BCUT2D eigenvalue weighted by Gasteiger charge is -2.12. The van der Waals surface area contributed by atoms with E-state index in [1.807, 2.05) is 0 Å². The molecule has 10 heteroatoms. The van der Waals surface area contributed by atoms with Gasteiger partial charge in [0.15, 0.2) is 11.5 Å². The summed E-state index contributed by atoms with van der Waals surface area (Å²) in [5.74, 6) is 0.820. The molecule has 28 heavy (non-hydrogen) atoms. The average molecular weight is 401 g/mol. The van der Waals surface area contributed by atoms with Crippen molar-refractivity contribution in [3.8, 4) is 17.1 Å². The zero-order valence-corrected chi connectivity index (χ0v) is 16.7. The molecule has 0 unspecified atom stereocenters. The van der Waals surface area contributed by atoms with Crippen molar-refractivity contribution in [3.05, 3.63) is 45.1 Å². The van der Waals surface area contributed by atoms with E-state index >= 15 is 0 Å². The van der Waals surface area contributed by atoms with Crippen LogP contribution in [0.15, 0.2) is 38.9 Å². The van der Waals surface area contributed by atoms with Crippen LogP contribution < -0.4 is 21.3 Å². The summed E-state index contributed by atoms with van der Waals surface area (Å²) >= 11 is 1.12. The second-order valence-electron chi connectivity index (χ2n) is 5.95. The molecule has 0 aliphatic carbocycles. The number of benzene rings is 1. The molecule has 2 aromatic heterocycles. The van der Waals surface area contributed by atoms with Crippen LogP contribution in [0.3, 0.4) is 0 Å². The Bertz CT molecular complexity index is 1190. The Hall–Kier alpha value is -3.14. The van der Waals surface area contributed by atoms with Gasteiger partial charge in [0, 0.05) is 26.7 Å². The van der Waals surface area contributed by atoms with Gasteiger partial charge in [-0.05, 0) is 12.1 Å². The van der Waals surface area contributed by atoms with Crippen molar-refractivity contribution in [2.24, 2.45) is 14.1 Å². The number of ether oxygens (including phenoxy) is 1. The van der Waals surface area contributed by atoms with E-state index in [0.717, 1.165) is 16.3 Å². The van der Waals surface area contributed by atoms with Gasteiger partial charge in [0.1, 0.15) is 16.2 Å². The number of nitrogens with one attached hydrogen (secondary N) is 1. The molecule has 1 aromatic carbocycles. The van der Waals surface area contributed by atoms with Crippen molar-refractivity contribution in [2.45, 2.75) is 5.03 Å². The molecule has 146 valence electrons. The number of aryl methyl sites for hydroxylation is 1. The maximum Gasteiger partial charge on any atom is 0.332 e. The third-order valence-electron chi connectivity index (χ3n) is 4.21. The minimum atomic E-state index is -0.505. The van der Waals surface area contributed by atoms with E-state index < -0.39 is 11.2 Å². The fourth-order valence-corrected chi connectivity index (χ4v) is 3.52. The first-order chi connectivity index (χ1) is 13.4. The van der Waals surface area contributed by atoms with Gasteiger partial charge in [-0.2, -0.15) is 0 Å². The number of hydrogen-bond donors (Lipinski definition) is 1. The molecule has 1 N–H and O–H groups in total. The van der Waals surface area contributed by atoms with Gasteiger partial charge < -0.3 is 10.1 Å². The number of thioether (sulfide) groups is 1. The Morgan fingerprint density at radius 2 is 1.96 bits per heavy atom. The van der Waals surface area contributed by atoms with Crippen molar-refractivity contribution < 1.29 is 9.53 Å². The summed E-state index contributed by atoms with van der Waals surface area (Å²) in [4.78, 5) is 45.7. The van der Waals surface area contributed by atoms with Crippen LogP contribution in [0.5, 0.6) is 5.75 Å². The number of methoxy groups -OCH3 is 1. The first-order valence-electron chi connectivity index (χ1n) is 8.33. The highest BCUT2D eigenvalue weighted by molar-refractivity contribution is 8.00. The third-order valence-corrected chi connectivity index (χ3v) is 5.19. The molecule has 0 saturated heterocycles. The van der Waals surface area contributed by atoms with E-state index in [4.69, 9.17) is 4.74 Å². The highest BCUT2D eigenvalue weighted by Crippen LogP contribution is 2.27. The fourth-order valence-electron chi connectivity index (χ4n) is 2.63. The zero-order valence-electron chi connectivity index (χ0n) is 15.8. The Morgan fingerprint density at radius 3 is 2.64 bits per heavy atom. The van der Waals surface area contributed by atoms with Crippen LogP contribution in [-0.2, 0) is 18.9 Å². The molecule has 0 bridgehead atoms. The van der Waals surface area contributed by atoms with E-state index in [1.165, 1.54) is 18.7 Å². The smallest absolute Gasteiger partial charge is 0.332 e. The van der Waals surface area contributed by atoms with Crippen molar-refractivity contribution >= 4 is 28.7 Å². The van der Waals surface area contributed by atoms with Crippen molar-refractivity contribution in [1.82, 2.24) is 24.4 Å². The second kappa shape index (κ2) is 7.85. The van der Waals surface area contributed by atoms with Gasteiger partial charge in [-0.1, -0.05) is 23.9 Å². The SMILES string of the molecule is CNC(=O)CSc1nc(-c2cccc(OC)c2)nc2c1c(=O)n(C)c(=O)n2C. The minimum Gasteiger partial charge on any atom is -0.497 e. The van der Waals surface area contributed by atoms with Gasteiger partial charge in [-0.25, -0.2) is 14.8 Å². The molecule has 9 nitrogen and oxygen atoms in total. The molecule has 3 rings (SSSR count). The molecule has 0 atom stereocenters. The molecule has 0 saturated carbocycles. The molecular weight excluding hydrogens is 382 g/mol. The van der Waals surface area contributed by atoms with E-state index in [9.17, 15) is 14.4 Å². The lowest BCUT2D eigenvalue weighted by Crippen LogP contribution is -2.37. The summed E-state index contributed by atoms with van der Waals surface area (Å²) in [5.41, 5.74) is -0.124. The van der Waals surface area contributed by atoms with Crippen molar-refractivity contribution in [3.63, 3.8) is 0 Å². The Kier molecular flexibility index (Phi) is 5.50. The summed E-state index contributed by atoms with van der Waals surface area (Å²) < 4.78 is 7.54. The van der Waals surface area contributed by atoms with Gasteiger partial charge in [0.05, 0.1) is 12.9 Å². The molecule has 0 radical (unpaired) electrons. The van der Waals surface area contributed by atoms with Gasteiger partial charge in [0.25, 0.3) is 5.56 Å². The van der Waals surface area contributed by atoms with Crippen LogP contribution in [0.25, 0.3) is 22.4 Å². The molecule has 2 heterocycles. The average Bonchev–Trinajstić information content (AvgIpc) is 2.73.